The molecule has 4 rings (SSSR count). The van der Waals surface area contributed by atoms with E-state index >= 15 is 0 Å². The second-order valence-electron chi connectivity index (χ2n) is 6.12. The zero-order valence-electron chi connectivity index (χ0n) is 13.2. The fourth-order valence-corrected chi connectivity index (χ4v) is 3.97. The van der Waals surface area contributed by atoms with Gasteiger partial charge in [0.25, 0.3) is 0 Å². The zero-order chi connectivity index (χ0) is 15.6. The molecule has 1 aromatic heterocycles. The van der Waals surface area contributed by atoms with Crippen molar-refractivity contribution < 1.29 is 9.47 Å². The number of hydrogen-bond acceptors (Lipinski definition) is 6. The number of nitrogens with one attached hydrogen (secondary N) is 1. The summed E-state index contributed by atoms with van der Waals surface area (Å²) in [5, 5.41) is 6.69. The number of benzene rings is 1. The second-order valence-corrected chi connectivity index (χ2v) is 6.98. The van der Waals surface area contributed by atoms with Crippen LogP contribution in [-0.2, 0) is 6.54 Å². The molecule has 23 heavy (non-hydrogen) atoms. The van der Waals surface area contributed by atoms with Crippen molar-refractivity contribution in [3.05, 3.63) is 29.3 Å². The Morgan fingerprint density at radius 2 is 2.26 bits per heavy atom. The molecule has 122 valence electrons. The fraction of sp³-hybridized carbons (Fsp3) is 0.471. The van der Waals surface area contributed by atoms with Crippen LogP contribution in [0.4, 0.5) is 0 Å². The first-order valence-corrected chi connectivity index (χ1v) is 8.93. The fourth-order valence-electron chi connectivity index (χ4n) is 3.15. The van der Waals surface area contributed by atoms with Crippen LogP contribution in [0.15, 0.2) is 23.6 Å². The van der Waals surface area contributed by atoms with Gasteiger partial charge in [0.15, 0.2) is 11.5 Å². The minimum Gasteiger partial charge on any atom is -0.454 e. The molecular formula is C17H21N3O2S. The Morgan fingerprint density at radius 1 is 1.35 bits per heavy atom. The van der Waals surface area contributed by atoms with Crippen molar-refractivity contribution >= 4 is 11.3 Å². The molecule has 1 unspecified atom stereocenters. The van der Waals surface area contributed by atoms with Crippen LogP contribution in [0.5, 0.6) is 11.5 Å². The van der Waals surface area contributed by atoms with Crippen LogP contribution in [0.3, 0.4) is 0 Å². The van der Waals surface area contributed by atoms with Gasteiger partial charge >= 0.3 is 0 Å². The summed E-state index contributed by atoms with van der Waals surface area (Å²) in [5.74, 6) is 1.62. The molecule has 0 aliphatic carbocycles. The number of hydrogen-bond donors (Lipinski definition) is 1. The first kappa shape index (κ1) is 14.9. The molecule has 1 N–H and O–H groups in total. The van der Waals surface area contributed by atoms with Gasteiger partial charge in [-0.3, -0.25) is 0 Å². The van der Waals surface area contributed by atoms with Crippen LogP contribution in [0, 0.1) is 0 Å². The van der Waals surface area contributed by atoms with Crippen molar-refractivity contribution in [3.8, 4) is 22.1 Å². The normalized spacial score (nSPS) is 20.3. The van der Waals surface area contributed by atoms with Gasteiger partial charge in [0.1, 0.15) is 5.01 Å². The van der Waals surface area contributed by atoms with Gasteiger partial charge in [-0.2, -0.15) is 0 Å². The van der Waals surface area contributed by atoms with Crippen molar-refractivity contribution in [2.24, 2.45) is 0 Å². The van der Waals surface area contributed by atoms with E-state index in [2.05, 4.69) is 22.6 Å². The summed E-state index contributed by atoms with van der Waals surface area (Å²) < 4.78 is 10.8. The van der Waals surface area contributed by atoms with E-state index in [9.17, 15) is 0 Å². The average molecular weight is 331 g/mol. The van der Waals surface area contributed by atoms with E-state index in [1.807, 2.05) is 18.2 Å². The third kappa shape index (κ3) is 3.20. The lowest BCUT2D eigenvalue weighted by molar-refractivity contribution is 0.174. The summed E-state index contributed by atoms with van der Waals surface area (Å²) in [7, 11) is 2.21. The quantitative estimate of drug-likeness (QED) is 0.913. The number of aromatic nitrogens is 1. The van der Waals surface area contributed by atoms with Crippen LogP contribution >= 0.6 is 11.3 Å². The first-order chi connectivity index (χ1) is 11.3. The second kappa shape index (κ2) is 6.47. The van der Waals surface area contributed by atoms with E-state index in [4.69, 9.17) is 14.5 Å². The van der Waals surface area contributed by atoms with Gasteiger partial charge in [0.2, 0.25) is 6.79 Å². The van der Waals surface area contributed by atoms with Gasteiger partial charge in [0.05, 0.1) is 5.69 Å². The standard InChI is InChI=1S/C17H21N3O2S/c1-20-6-2-3-14(20)9-18-8-13-10-23-17(19-13)12-4-5-15-16(7-12)22-11-21-15/h4-5,7,10,14,18H,2-3,6,8-9,11H2,1H3. The van der Waals surface area contributed by atoms with Gasteiger partial charge in [-0.05, 0) is 44.6 Å². The maximum Gasteiger partial charge on any atom is 0.231 e. The van der Waals surface area contributed by atoms with Gasteiger partial charge in [-0.15, -0.1) is 11.3 Å². The Kier molecular flexibility index (Phi) is 4.20. The summed E-state index contributed by atoms with van der Waals surface area (Å²) >= 11 is 1.67. The maximum atomic E-state index is 5.44. The highest BCUT2D eigenvalue weighted by Gasteiger charge is 2.20. The molecule has 2 aliphatic heterocycles. The molecular weight excluding hydrogens is 310 g/mol. The first-order valence-electron chi connectivity index (χ1n) is 8.05. The lowest BCUT2D eigenvalue weighted by atomic mass is 10.2. The monoisotopic (exact) mass is 331 g/mol. The van der Waals surface area contributed by atoms with Crippen LogP contribution in [0.25, 0.3) is 10.6 Å². The molecule has 5 nitrogen and oxygen atoms in total. The van der Waals surface area contributed by atoms with Crippen molar-refractivity contribution in [3.63, 3.8) is 0 Å². The van der Waals surface area contributed by atoms with E-state index in [1.165, 1.54) is 19.4 Å². The van der Waals surface area contributed by atoms with Crippen LogP contribution in [0.1, 0.15) is 18.5 Å². The molecule has 6 heteroatoms. The summed E-state index contributed by atoms with van der Waals surface area (Å²) in [6, 6.07) is 6.66. The molecule has 0 bridgehead atoms. The summed E-state index contributed by atoms with van der Waals surface area (Å²) in [4.78, 5) is 7.17. The van der Waals surface area contributed by atoms with Gasteiger partial charge in [-0.1, -0.05) is 0 Å². The number of ether oxygens (including phenoxy) is 2. The minimum atomic E-state index is 0.307. The third-order valence-corrected chi connectivity index (χ3v) is 5.47. The number of likely N-dealkylation sites (tertiary alicyclic amines) is 1. The highest BCUT2D eigenvalue weighted by atomic mass is 32.1. The zero-order valence-corrected chi connectivity index (χ0v) is 14.1. The third-order valence-electron chi connectivity index (χ3n) is 4.53. The molecule has 1 fully saturated rings. The molecule has 0 saturated carbocycles. The van der Waals surface area contributed by atoms with Gasteiger partial charge < -0.3 is 19.7 Å². The maximum absolute atomic E-state index is 5.44. The highest BCUT2D eigenvalue weighted by Crippen LogP contribution is 2.36. The Hall–Kier alpha value is -1.63. The molecule has 2 aromatic rings. The number of thiazole rings is 1. The van der Waals surface area contributed by atoms with Crippen molar-refractivity contribution in [1.82, 2.24) is 15.2 Å². The van der Waals surface area contributed by atoms with Crippen LogP contribution in [0.2, 0.25) is 0 Å². The number of likely N-dealkylation sites (N-methyl/N-ethyl adjacent to an activating group) is 1. The lowest BCUT2D eigenvalue weighted by Crippen LogP contribution is -2.35. The topological polar surface area (TPSA) is 46.6 Å². The Bertz CT molecular complexity index is 688. The van der Waals surface area contributed by atoms with Gasteiger partial charge in [-0.25, -0.2) is 4.98 Å². The lowest BCUT2D eigenvalue weighted by Gasteiger charge is -2.19. The summed E-state index contributed by atoms with van der Waals surface area (Å²) in [5.41, 5.74) is 2.18. The van der Waals surface area contributed by atoms with Crippen molar-refractivity contribution in [1.29, 1.82) is 0 Å². The molecule has 0 spiro atoms. The Balaban J connectivity index is 1.37. The van der Waals surface area contributed by atoms with E-state index < -0.39 is 0 Å². The SMILES string of the molecule is CN1CCCC1CNCc1csc(-c2ccc3c(c2)OCO3)n1. The summed E-state index contributed by atoms with van der Waals surface area (Å²) in [6.07, 6.45) is 2.61. The van der Waals surface area contributed by atoms with Crippen molar-refractivity contribution in [2.75, 3.05) is 26.9 Å². The average Bonchev–Trinajstić information content (AvgIpc) is 3.28. The predicted molar refractivity (Wildman–Crippen MR) is 91.0 cm³/mol. The smallest absolute Gasteiger partial charge is 0.231 e. The molecule has 0 radical (unpaired) electrons. The van der Waals surface area contributed by atoms with E-state index in [0.717, 1.165) is 40.9 Å². The van der Waals surface area contributed by atoms with E-state index in [1.54, 1.807) is 11.3 Å². The van der Waals surface area contributed by atoms with Crippen LogP contribution < -0.4 is 14.8 Å². The van der Waals surface area contributed by atoms with Gasteiger partial charge in [0, 0.05) is 30.1 Å². The predicted octanol–water partition coefficient (Wildman–Crippen LogP) is 2.72. The number of nitrogens with zero attached hydrogens (tertiary/aromatic N) is 2. The number of rotatable bonds is 5. The highest BCUT2D eigenvalue weighted by molar-refractivity contribution is 7.13. The molecule has 1 aromatic carbocycles. The molecule has 1 atom stereocenters. The number of fused-ring (bicyclic) bond motifs is 1. The molecule has 2 aliphatic rings. The largest absolute Gasteiger partial charge is 0.454 e. The molecule has 3 heterocycles. The minimum absolute atomic E-state index is 0.307. The summed E-state index contributed by atoms with van der Waals surface area (Å²) in [6.45, 7) is 3.39. The van der Waals surface area contributed by atoms with E-state index in [0.29, 0.717) is 12.8 Å². The van der Waals surface area contributed by atoms with E-state index in [-0.39, 0.29) is 0 Å². The Morgan fingerprint density at radius 3 is 3.13 bits per heavy atom. The molecule has 0 amide bonds. The Labute approximate surface area is 140 Å². The molecule has 1 saturated heterocycles. The van der Waals surface area contributed by atoms with Crippen molar-refractivity contribution in [2.45, 2.75) is 25.4 Å². The van der Waals surface area contributed by atoms with Crippen LogP contribution in [-0.4, -0.2) is 42.9 Å².